The van der Waals surface area contributed by atoms with Gasteiger partial charge in [-0.05, 0) is 12.8 Å². The first-order valence-electron chi connectivity index (χ1n) is 5.60. The average molecular weight is 266 g/mol. The van der Waals surface area contributed by atoms with Gasteiger partial charge in [0.15, 0.2) is 0 Å². The molecule has 3 atom stereocenters. The molecule has 0 heterocycles. The van der Waals surface area contributed by atoms with Gasteiger partial charge in [0.1, 0.15) is 5.41 Å². The van der Waals surface area contributed by atoms with Crippen LogP contribution < -0.4 is 0 Å². The lowest BCUT2D eigenvalue weighted by atomic mass is 9.68. The number of carboxylic acid groups (broad SMARTS) is 1. The maximum atomic E-state index is 11.1. The molecule has 0 aliphatic heterocycles. The maximum absolute atomic E-state index is 11.1. The minimum atomic E-state index is -1.83. The monoisotopic (exact) mass is 266 g/mol. The Kier molecular flexibility index (Phi) is 6.18. The van der Waals surface area contributed by atoms with E-state index in [0.29, 0.717) is 0 Å². The Hall–Kier alpha value is -0.730. The molecule has 108 valence electrons. The van der Waals surface area contributed by atoms with Crippen molar-refractivity contribution in [3.63, 3.8) is 0 Å². The summed E-state index contributed by atoms with van der Waals surface area (Å²) in [5.41, 5.74) is -3.24. The zero-order valence-electron chi connectivity index (χ0n) is 10.6. The highest BCUT2D eigenvalue weighted by molar-refractivity contribution is 5.75. The van der Waals surface area contributed by atoms with E-state index in [1.165, 1.54) is 6.92 Å². The Bertz CT molecular complexity index is 268. The molecule has 0 amide bonds. The second-order valence-electron chi connectivity index (χ2n) is 4.95. The highest BCUT2D eigenvalue weighted by Gasteiger charge is 2.49. The van der Waals surface area contributed by atoms with E-state index in [1.807, 2.05) is 0 Å². The van der Waals surface area contributed by atoms with E-state index in [2.05, 4.69) is 0 Å². The lowest BCUT2D eigenvalue weighted by molar-refractivity contribution is -0.170. The molecule has 0 aromatic heterocycles. The van der Waals surface area contributed by atoms with Gasteiger partial charge in [-0.25, -0.2) is 0 Å². The van der Waals surface area contributed by atoms with E-state index in [-0.39, 0.29) is 0 Å². The summed E-state index contributed by atoms with van der Waals surface area (Å²) >= 11 is 0. The smallest absolute Gasteiger partial charge is 0.314 e. The first kappa shape index (κ1) is 17.3. The van der Waals surface area contributed by atoms with Gasteiger partial charge in [-0.3, -0.25) is 4.79 Å². The van der Waals surface area contributed by atoms with E-state index in [1.54, 1.807) is 0 Å². The third-order valence-corrected chi connectivity index (χ3v) is 3.85. The molecular formula is C11H22O7. The number of aliphatic hydroxyl groups is 5. The number of hydrogen-bond acceptors (Lipinski definition) is 6. The Morgan fingerprint density at radius 3 is 1.67 bits per heavy atom. The molecule has 0 fully saturated rings. The number of aliphatic carboxylic acids is 1. The van der Waals surface area contributed by atoms with Crippen molar-refractivity contribution in [3.8, 4) is 0 Å². The maximum Gasteiger partial charge on any atom is 0.314 e. The largest absolute Gasteiger partial charge is 0.481 e. The number of aliphatic hydroxyl groups excluding tert-OH is 5. The van der Waals surface area contributed by atoms with Crippen LogP contribution >= 0.6 is 0 Å². The third kappa shape index (κ3) is 2.81. The average Bonchev–Trinajstić information content (AvgIpc) is 2.39. The Balaban J connectivity index is 5.30. The van der Waals surface area contributed by atoms with Crippen molar-refractivity contribution >= 4 is 5.97 Å². The summed E-state index contributed by atoms with van der Waals surface area (Å²) < 4.78 is 0. The van der Waals surface area contributed by atoms with Crippen LogP contribution in [0.3, 0.4) is 0 Å². The number of rotatable bonds is 8. The molecule has 18 heavy (non-hydrogen) atoms. The highest BCUT2D eigenvalue weighted by atomic mass is 16.4. The van der Waals surface area contributed by atoms with Crippen LogP contribution in [-0.4, -0.2) is 69.1 Å². The van der Waals surface area contributed by atoms with Gasteiger partial charge in [0.05, 0.1) is 32.5 Å². The Morgan fingerprint density at radius 1 is 1.06 bits per heavy atom. The fraction of sp³-hybridized carbons (Fsp3) is 0.909. The zero-order valence-corrected chi connectivity index (χ0v) is 10.6. The van der Waals surface area contributed by atoms with Crippen molar-refractivity contribution in [2.24, 2.45) is 16.7 Å². The van der Waals surface area contributed by atoms with Gasteiger partial charge >= 0.3 is 5.97 Å². The van der Waals surface area contributed by atoms with Gasteiger partial charge in [-0.15, -0.1) is 0 Å². The van der Waals surface area contributed by atoms with Crippen LogP contribution in [0.2, 0.25) is 0 Å². The van der Waals surface area contributed by atoms with Crippen molar-refractivity contribution in [2.45, 2.75) is 20.0 Å². The fourth-order valence-corrected chi connectivity index (χ4v) is 1.76. The number of carbonyl (C=O) groups is 1. The van der Waals surface area contributed by atoms with Gasteiger partial charge in [-0.1, -0.05) is 6.92 Å². The molecule has 0 rings (SSSR count). The van der Waals surface area contributed by atoms with Gasteiger partial charge in [-0.2, -0.15) is 0 Å². The van der Waals surface area contributed by atoms with Crippen LogP contribution in [-0.2, 0) is 4.79 Å². The van der Waals surface area contributed by atoms with Crippen molar-refractivity contribution < 1.29 is 35.4 Å². The summed E-state index contributed by atoms with van der Waals surface area (Å²) in [7, 11) is 0. The Morgan fingerprint density at radius 2 is 1.44 bits per heavy atom. The SMILES string of the molecule is CC(C(O)C(C)(CO)C(=O)O)C(CO)(CO)CO. The van der Waals surface area contributed by atoms with Crippen LogP contribution in [0.5, 0.6) is 0 Å². The first-order chi connectivity index (χ1) is 8.25. The highest BCUT2D eigenvalue weighted by Crippen LogP contribution is 2.36. The predicted molar refractivity (Wildman–Crippen MR) is 61.7 cm³/mol. The minimum absolute atomic E-state index is 0.612. The number of hydrogen-bond donors (Lipinski definition) is 6. The summed E-state index contributed by atoms with van der Waals surface area (Å²) in [6, 6.07) is 0. The molecule has 7 heteroatoms. The number of carboxylic acids is 1. The topological polar surface area (TPSA) is 138 Å². The van der Waals surface area contributed by atoms with E-state index >= 15 is 0 Å². The molecular weight excluding hydrogens is 244 g/mol. The van der Waals surface area contributed by atoms with E-state index < -0.39 is 55.2 Å². The van der Waals surface area contributed by atoms with E-state index in [4.69, 9.17) is 10.2 Å². The second-order valence-corrected chi connectivity index (χ2v) is 4.95. The van der Waals surface area contributed by atoms with Crippen molar-refractivity contribution in [1.82, 2.24) is 0 Å². The second kappa shape index (κ2) is 6.44. The molecule has 0 aromatic rings. The van der Waals surface area contributed by atoms with Gasteiger partial charge in [0, 0.05) is 5.41 Å². The zero-order chi connectivity index (χ0) is 14.6. The van der Waals surface area contributed by atoms with Crippen LogP contribution in [0.15, 0.2) is 0 Å². The summed E-state index contributed by atoms with van der Waals surface area (Å²) in [4.78, 5) is 11.1. The van der Waals surface area contributed by atoms with Gasteiger partial charge in [0.25, 0.3) is 0 Å². The van der Waals surface area contributed by atoms with Gasteiger partial charge < -0.3 is 30.6 Å². The summed E-state index contributed by atoms with van der Waals surface area (Å²) in [6.07, 6.45) is -1.54. The lowest BCUT2D eigenvalue weighted by Crippen LogP contribution is -2.54. The predicted octanol–water partition coefficient (Wildman–Crippen LogP) is -1.97. The van der Waals surface area contributed by atoms with E-state index in [0.717, 1.165) is 6.92 Å². The van der Waals surface area contributed by atoms with Crippen LogP contribution in [0.25, 0.3) is 0 Å². The van der Waals surface area contributed by atoms with Gasteiger partial charge in [0.2, 0.25) is 0 Å². The molecule has 0 aliphatic carbocycles. The van der Waals surface area contributed by atoms with Crippen molar-refractivity contribution in [3.05, 3.63) is 0 Å². The molecule has 6 N–H and O–H groups in total. The first-order valence-corrected chi connectivity index (χ1v) is 5.60. The van der Waals surface area contributed by atoms with E-state index in [9.17, 15) is 25.2 Å². The van der Waals surface area contributed by atoms with Crippen molar-refractivity contribution in [2.75, 3.05) is 26.4 Å². The molecule has 7 nitrogen and oxygen atoms in total. The lowest BCUT2D eigenvalue weighted by Gasteiger charge is -2.41. The Labute approximate surface area is 105 Å². The summed E-state index contributed by atoms with van der Waals surface area (Å²) in [5.74, 6) is -2.32. The molecule has 0 bridgehead atoms. The quantitative estimate of drug-likeness (QED) is 0.299. The molecule has 0 aliphatic rings. The normalized spacial score (nSPS) is 19.1. The van der Waals surface area contributed by atoms with Crippen LogP contribution in [0.4, 0.5) is 0 Å². The summed E-state index contributed by atoms with van der Waals surface area (Å²) in [6.45, 7) is -0.0676. The third-order valence-electron chi connectivity index (χ3n) is 3.85. The van der Waals surface area contributed by atoms with Crippen molar-refractivity contribution in [1.29, 1.82) is 0 Å². The molecule has 3 unspecified atom stereocenters. The molecule has 0 saturated carbocycles. The van der Waals surface area contributed by atoms with Crippen LogP contribution in [0, 0.1) is 16.7 Å². The molecule has 0 aromatic carbocycles. The minimum Gasteiger partial charge on any atom is -0.481 e. The molecule has 0 radical (unpaired) electrons. The molecule has 0 spiro atoms. The molecule has 0 saturated heterocycles. The standard InChI is InChI=1S/C11H22O7/c1-7(11(4-13,5-14)6-15)8(16)10(2,3-12)9(17)18/h7-8,12-16H,3-6H2,1-2H3,(H,17,18). The van der Waals surface area contributed by atoms with Crippen LogP contribution in [0.1, 0.15) is 13.8 Å². The fourth-order valence-electron chi connectivity index (χ4n) is 1.76. The summed E-state index contributed by atoms with van der Waals surface area (Å²) in [5, 5.41) is 55.9.